The molecule has 0 spiro atoms. The molecule has 2 rings (SSSR count). The lowest BCUT2D eigenvalue weighted by atomic mass is 9.83. The highest BCUT2D eigenvalue weighted by Gasteiger charge is 2.44. The number of hydrogen-bond donors (Lipinski definition) is 1. The normalized spacial score (nSPS) is 29.3. The first-order valence-electron chi connectivity index (χ1n) is 7.42. The Morgan fingerprint density at radius 2 is 1.95 bits per heavy atom. The third kappa shape index (κ3) is 3.81. The van der Waals surface area contributed by atoms with E-state index in [4.69, 9.17) is 9.47 Å². The number of rotatable bonds is 5. The minimum Gasteiger partial charge on any atom is -0.396 e. The standard InChI is InChI=1S/C17H26O3/c1-16(2)10-9-15(17(3,20-16)11-12-18)19-13-14-7-5-4-6-8-14/h4-8,15,18H,9-13H2,1-3H3/t15-,17+/m0/s1. The first-order valence-corrected chi connectivity index (χ1v) is 7.42. The predicted molar refractivity (Wildman–Crippen MR) is 79.5 cm³/mol. The molecule has 2 atom stereocenters. The van der Waals surface area contributed by atoms with Gasteiger partial charge >= 0.3 is 0 Å². The summed E-state index contributed by atoms with van der Waals surface area (Å²) in [4.78, 5) is 0. The minimum atomic E-state index is -0.411. The van der Waals surface area contributed by atoms with E-state index in [2.05, 4.69) is 32.9 Å². The van der Waals surface area contributed by atoms with E-state index in [9.17, 15) is 5.11 Å². The van der Waals surface area contributed by atoms with E-state index in [1.165, 1.54) is 5.56 Å². The smallest absolute Gasteiger partial charge is 0.0944 e. The summed E-state index contributed by atoms with van der Waals surface area (Å²) in [7, 11) is 0. The molecule has 20 heavy (non-hydrogen) atoms. The average molecular weight is 278 g/mol. The molecular formula is C17H26O3. The van der Waals surface area contributed by atoms with Gasteiger partial charge in [0.2, 0.25) is 0 Å². The van der Waals surface area contributed by atoms with Gasteiger partial charge in [-0.05, 0) is 39.2 Å². The topological polar surface area (TPSA) is 38.7 Å². The highest BCUT2D eigenvalue weighted by Crippen LogP contribution is 2.39. The van der Waals surface area contributed by atoms with Crippen molar-refractivity contribution in [1.82, 2.24) is 0 Å². The number of benzene rings is 1. The van der Waals surface area contributed by atoms with Gasteiger partial charge in [-0.2, -0.15) is 0 Å². The largest absolute Gasteiger partial charge is 0.396 e. The highest BCUT2D eigenvalue weighted by atomic mass is 16.6. The van der Waals surface area contributed by atoms with Gasteiger partial charge in [0.25, 0.3) is 0 Å². The molecule has 1 aromatic carbocycles. The molecule has 0 bridgehead atoms. The Labute approximate surface area is 121 Å². The first kappa shape index (κ1) is 15.5. The molecular weight excluding hydrogens is 252 g/mol. The Hall–Kier alpha value is -0.900. The lowest BCUT2D eigenvalue weighted by molar-refractivity contribution is -0.236. The third-order valence-electron chi connectivity index (χ3n) is 4.10. The van der Waals surface area contributed by atoms with Crippen molar-refractivity contribution in [3.8, 4) is 0 Å². The molecule has 0 saturated carbocycles. The quantitative estimate of drug-likeness (QED) is 0.898. The monoisotopic (exact) mass is 278 g/mol. The summed E-state index contributed by atoms with van der Waals surface area (Å²) in [5.41, 5.74) is 0.616. The first-order chi connectivity index (χ1) is 9.45. The summed E-state index contributed by atoms with van der Waals surface area (Å²) in [5.74, 6) is 0. The molecule has 1 saturated heterocycles. The zero-order chi connectivity index (χ0) is 14.6. The van der Waals surface area contributed by atoms with Crippen LogP contribution in [-0.4, -0.2) is 29.0 Å². The molecule has 1 N–H and O–H groups in total. The third-order valence-corrected chi connectivity index (χ3v) is 4.10. The van der Waals surface area contributed by atoms with E-state index in [1.54, 1.807) is 0 Å². The molecule has 3 heteroatoms. The number of aliphatic hydroxyl groups is 1. The molecule has 1 heterocycles. The fraction of sp³-hybridized carbons (Fsp3) is 0.647. The van der Waals surface area contributed by atoms with Gasteiger partial charge in [0.05, 0.1) is 23.9 Å². The lowest BCUT2D eigenvalue weighted by Gasteiger charge is -2.48. The molecule has 0 aliphatic carbocycles. The summed E-state index contributed by atoms with van der Waals surface area (Å²) >= 11 is 0. The Kier molecular flexibility index (Phi) is 4.84. The van der Waals surface area contributed by atoms with Crippen LogP contribution in [0.1, 0.15) is 45.6 Å². The van der Waals surface area contributed by atoms with Crippen LogP contribution in [0.25, 0.3) is 0 Å². The second-order valence-corrected chi connectivity index (χ2v) is 6.47. The van der Waals surface area contributed by atoms with E-state index in [0.29, 0.717) is 13.0 Å². The van der Waals surface area contributed by atoms with Gasteiger partial charge in [0.1, 0.15) is 0 Å². The van der Waals surface area contributed by atoms with E-state index in [-0.39, 0.29) is 18.3 Å². The summed E-state index contributed by atoms with van der Waals surface area (Å²) < 4.78 is 12.3. The number of hydrogen-bond acceptors (Lipinski definition) is 3. The van der Waals surface area contributed by atoms with Crippen LogP contribution in [0, 0.1) is 0 Å². The highest BCUT2D eigenvalue weighted by molar-refractivity contribution is 5.13. The van der Waals surface area contributed by atoms with E-state index < -0.39 is 5.60 Å². The molecule has 1 aromatic rings. The molecule has 0 aromatic heterocycles. The van der Waals surface area contributed by atoms with Crippen LogP contribution in [0.15, 0.2) is 30.3 Å². The zero-order valence-electron chi connectivity index (χ0n) is 12.8. The van der Waals surface area contributed by atoms with E-state index >= 15 is 0 Å². The van der Waals surface area contributed by atoms with Crippen molar-refractivity contribution in [3.63, 3.8) is 0 Å². The summed E-state index contributed by atoms with van der Waals surface area (Å²) in [6, 6.07) is 10.2. The van der Waals surface area contributed by atoms with Crippen molar-refractivity contribution in [3.05, 3.63) is 35.9 Å². The molecule has 0 radical (unpaired) electrons. The van der Waals surface area contributed by atoms with Gasteiger partial charge in [-0.1, -0.05) is 30.3 Å². The van der Waals surface area contributed by atoms with Crippen LogP contribution in [0.2, 0.25) is 0 Å². The van der Waals surface area contributed by atoms with E-state index in [0.717, 1.165) is 12.8 Å². The molecule has 1 aliphatic heterocycles. The molecule has 0 unspecified atom stereocenters. The van der Waals surface area contributed by atoms with Crippen molar-refractivity contribution >= 4 is 0 Å². The Morgan fingerprint density at radius 1 is 1.25 bits per heavy atom. The summed E-state index contributed by atoms with van der Waals surface area (Å²) in [5, 5.41) is 9.32. The van der Waals surface area contributed by atoms with Crippen LogP contribution >= 0.6 is 0 Å². The molecule has 3 nitrogen and oxygen atoms in total. The Bertz CT molecular complexity index is 416. The second-order valence-electron chi connectivity index (χ2n) is 6.47. The number of aliphatic hydroxyl groups excluding tert-OH is 1. The molecule has 1 fully saturated rings. The Balaban J connectivity index is 2.01. The summed E-state index contributed by atoms with van der Waals surface area (Å²) in [6.07, 6.45) is 2.59. The van der Waals surface area contributed by atoms with Crippen molar-refractivity contribution in [2.45, 2.75) is 63.9 Å². The maximum absolute atomic E-state index is 9.32. The van der Waals surface area contributed by atoms with Crippen LogP contribution in [0.3, 0.4) is 0 Å². The SMILES string of the molecule is CC1(C)CC[C@H](OCc2ccccc2)[C@@](C)(CCO)O1. The van der Waals surface area contributed by atoms with Crippen molar-refractivity contribution in [2.24, 2.45) is 0 Å². The van der Waals surface area contributed by atoms with Crippen LogP contribution in [0.4, 0.5) is 0 Å². The van der Waals surface area contributed by atoms with Gasteiger partial charge in [0.15, 0.2) is 0 Å². The Morgan fingerprint density at radius 3 is 2.60 bits per heavy atom. The fourth-order valence-corrected chi connectivity index (χ4v) is 3.00. The van der Waals surface area contributed by atoms with E-state index in [1.807, 2.05) is 18.2 Å². The fourth-order valence-electron chi connectivity index (χ4n) is 3.00. The van der Waals surface area contributed by atoms with Gasteiger partial charge in [-0.3, -0.25) is 0 Å². The predicted octanol–water partition coefficient (Wildman–Crippen LogP) is 3.30. The molecule has 112 valence electrons. The van der Waals surface area contributed by atoms with Gasteiger partial charge in [-0.25, -0.2) is 0 Å². The van der Waals surface area contributed by atoms with Gasteiger partial charge < -0.3 is 14.6 Å². The van der Waals surface area contributed by atoms with Crippen molar-refractivity contribution in [1.29, 1.82) is 0 Å². The minimum absolute atomic E-state index is 0.0304. The maximum Gasteiger partial charge on any atom is 0.0944 e. The van der Waals surface area contributed by atoms with Crippen LogP contribution in [0.5, 0.6) is 0 Å². The van der Waals surface area contributed by atoms with Crippen molar-refractivity contribution < 1.29 is 14.6 Å². The molecule has 0 amide bonds. The van der Waals surface area contributed by atoms with Gasteiger partial charge in [0, 0.05) is 13.0 Å². The average Bonchev–Trinajstić information content (AvgIpc) is 2.38. The molecule has 1 aliphatic rings. The maximum atomic E-state index is 9.32. The number of ether oxygens (including phenoxy) is 2. The van der Waals surface area contributed by atoms with Gasteiger partial charge in [-0.15, -0.1) is 0 Å². The van der Waals surface area contributed by atoms with Crippen LogP contribution in [-0.2, 0) is 16.1 Å². The summed E-state index contributed by atoms with van der Waals surface area (Å²) in [6.45, 7) is 6.99. The van der Waals surface area contributed by atoms with Crippen molar-refractivity contribution in [2.75, 3.05) is 6.61 Å². The lowest BCUT2D eigenvalue weighted by Crippen LogP contribution is -2.54. The second kappa shape index (κ2) is 6.25. The zero-order valence-corrected chi connectivity index (χ0v) is 12.8. The van der Waals surface area contributed by atoms with Crippen LogP contribution < -0.4 is 0 Å².